The van der Waals surface area contributed by atoms with Gasteiger partial charge >= 0.3 is 6.03 Å². The number of ether oxygens (including phenoxy) is 1. The van der Waals surface area contributed by atoms with Crippen molar-refractivity contribution in [2.75, 3.05) is 19.0 Å². The number of methoxy groups -OCH3 is 1. The fraction of sp³-hybridized carbons (Fsp3) is 0.467. The number of rotatable bonds is 6. The second-order valence-corrected chi connectivity index (χ2v) is 4.96. The first-order valence-electron chi connectivity index (χ1n) is 7.13. The predicted molar refractivity (Wildman–Crippen MR) is 80.8 cm³/mol. The molecule has 0 radical (unpaired) electrons. The first kappa shape index (κ1) is 16.1. The van der Waals surface area contributed by atoms with Crippen LogP contribution in [0.25, 0.3) is 0 Å². The number of furan rings is 1. The second kappa shape index (κ2) is 7.13. The maximum absolute atomic E-state index is 12.2. The van der Waals surface area contributed by atoms with Gasteiger partial charge in [-0.05, 0) is 26.0 Å². The zero-order valence-corrected chi connectivity index (χ0v) is 13.2. The van der Waals surface area contributed by atoms with Crippen LogP contribution in [0.2, 0.25) is 0 Å². The summed E-state index contributed by atoms with van der Waals surface area (Å²) in [5, 5.41) is 9.36. The highest BCUT2D eigenvalue weighted by atomic mass is 16.5. The van der Waals surface area contributed by atoms with E-state index in [9.17, 15) is 4.79 Å². The largest absolute Gasteiger partial charge is 0.464 e. The number of hydrogen-bond acceptors (Lipinski definition) is 5. The molecule has 0 saturated carbocycles. The van der Waals surface area contributed by atoms with E-state index in [1.54, 1.807) is 21.0 Å². The third kappa shape index (κ3) is 3.67. The fourth-order valence-corrected chi connectivity index (χ4v) is 2.10. The van der Waals surface area contributed by atoms with Gasteiger partial charge in [-0.15, -0.1) is 0 Å². The van der Waals surface area contributed by atoms with E-state index in [-0.39, 0.29) is 12.1 Å². The Hall–Kier alpha value is -2.28. The maximum Gasteiger partial charge on any atom is 0.320 e. The van der Waals surface area contributed by atoms with Crippen molar-refractivity contribution in [1.82, 2.24) is 10.5 Å². The summed E-state index contributed by atoms with van der Waals surface area (Å²) in [5.41, 5.74) is 1.20. The van der Waals surface area contributed by atoms with Crippen LogP contribution in [-0.2, 0) is 11.2 Å². The Balaban J connectivity index is 2.05. The summed E-state index contributed by atoms with van der Waals surface area (Å²) in [5.74, 6) is 2.08. The summed E-state index contributed by atoms with van der Waals surface area (Å²) in [4.78, 5) is 12.2. The van der Waals surface area contributed by atoms with Gasteiger partial charge in [0.15, 0.2) is 5.76 Å². The van der Waals surface area contributed by atoms with Crippen molar-refractivity contribution < 1.29 is 18.5 Å². The molecule has 0 fully saturated rings. The van der Waals surface area contributed by atoms with E-state index in [4.69, 9.17) is 13.7 Å². The number of urea groups is 1. The zero-order chi connectivity index (χ0) is 16.1. The molecule has 120 valence electrons. The molecule has 1 atom stereocenters. The van der Waals surface area contributed by atoms with Gasteiger partial charge in [0.25, 0.3) is 0 Å². The zero-order valence-electron chi connectivity index (χ0n) is 13.2. The summed E-state index contributed by atoms with van der Waals surface area (Å²) in [6.45, 7) is 5.82. The number of anilines is 1. The van der Waals surface area contributed by atoms with Crippen LogP contribution in [0.15, 0.2) is 21.1 Å². The van der Waals surface area contributed by atoms with Crippen molar-refractivity contribution in [2.24, 2.45) is 0 Å². The van der Waals surface area contributed by atoms with Crippen molar-refractivity contribution in [2.45, 2.75) is 33.2 Å². The fourth-order valence-electron chi connectivity index (χ4n) is 2.10. The number of amides is 2. The van der Waals surface area contributed by atoms with Crippen molar-refractivity contribution in [3.8, 4) is 0 Å². The van der Waals surface area contributed by atoms with Gasteiger partial charge in [-0.3, -0.25) is 0 Å². The SMILES string of the molecule is CCc1ccc([C@H](COC)NC(=O)Nc2c(C)noc2C)o1. The minimum Gasteiger partial charge on any atom is -0.464 e. The Labute approximate surface area is 129 Å². The first-order valence-corrected chi connectivity index (χ1v) is 7.13. The Morgan fingerprint density at radius 3 is 2.73 bits per heavy atom. The Morgan fingerprint density at radius 1 is 1.41 bits per heavy atom. The number of aryl methyl sites for hydroxylation is 3. The molecule has 0 saturated heterocycles. The Kier molecular flexibility index (Phi) is 5.21. The Morgan fingerprint density at radius 2 is 2.18 bits per heavy atom. The molecule has 22 heavy (non-hydrogen) atoms. The smallest absolute Gasteiger partial charge is 0.320 e. The minimum atomic E-state index is -0.370. The van der Waals surface area contributed by atoms with Gasteiger partial charge in [0.2, 0.25) is 0 Å². The number of nitrogens with zero attached hydrogens (tertiary/aromatic N) is 1. The van der Waals surface area contributed by atoms with Gasteiger partial charge in [-0.2, -0.15) is 0 Å². The van der Waals surface area contributed by atoms with Gasteiger partial charge in [-0.25, -0.2) is 4.79 Å². The molecule has 0 aliphatic carbocycles. The third-order valence-corrected chi connectivity index (χ3v) is 3.28. The quantitative estimate of drug-likeness (QED) is 0.856. The predicted octanol–water partition coefficient (Wildman–Crippen LogP) is 2.96. The van der Waals surface area contributed by atoms with Crippen molar-refractivity contribution >= 4 is 11.7 Å². The molecular weight excluding hydrogens is 286 g/mol. The number of hydrogen-bond donors (Lipinski definition) is 2. The van der Waals surface area contributed by atoms with Gasteiger partial charge in [0.1, 0.15) is 28.9 Å². The number of nitrogens with one attached hydrogen (secondary N) is 2. The molecule has 2 N–H and O–H groups in total. The van der Waals surface area contributed by atoms with Crippen LogP contribution in [0.5, 0.6) is 0 Å². The lowest BCUT2D eigenvalue weighted by Crippen LogP contribution is -2.34. The molecular formula is C15H21N3O4. The van der Waals surface area contributed by atoms with Crippen molar-refractivity contribution in [1.29, 1.82) is 0 Å². The van der Waals surface area contributed by atoms with Crippen LogP contribution in [0.1, 0.15) is 35.9 Å². The summed E-state index contributed by atoms with van der Waals surface area (Å²) < 4.78 is 15.8. The van der Waals surface area contributed by atoms with Crippen LogP contribution in [0, 0.1) is 13.8 Å². The monoisotopic (exact) mass is 307 g/mol. The number of aromatic nitrogens is 1. The molecule has 0 aromatic carbocycles. The number of carbonyl (C=O) groups is 1. The van der Waals surface area contributed by atoms with Crippen molar-refractivity contribution in [3.63, 3.8) is 0 Å². The highest BCUT2D eigenvalue weighted by Crippen LogP contribution is 2.20. The van der Waals surface area contributed by atoms with Crippen LogP contribution in [-0.4, -0.2) is 24.9 Å². The molecule has 2 aromatic heterocycles. The maximum atomic E-state index is 12.2. The molecule has 7 nitrogen and oxygen atoms in total. The average molecular weight is 307 g/mol. The average Bonchev–Trinajstić information content (AvgIpc) is 3.09. The second-order valence-electron chi connectivity index (χ2n) is 4.96. The molecule has 0 bridgehead atoms. The van der Waals surface area contributed by atoms with Crippen molar-refractivity contribution in [3.05, 3.63) is 35.1 Å². The van der Waals surface area contributed by atoms with E-state index < -0.39 is 0 Å². The summed E-state index contributed by atoms with van der Waals surface area (Å²) in [7, 11) is 1.57. The van der Waals surface area contributed by atoms with E-state index in [0.717, 1.165) is 12.2 Å². The lowest BCUT2D eigenvalue weighted by molar-refractivity contribution is 0.158. The Bertz CT molecular complexity index is 613. The topological polar surface area (TPSA) is 89.5 Å². The molecule has 2 heterocycles. The lowest BCUT2D eigenvalue weighted by atomic mass is 10.2. The van der Waals surface area contributed by atoms with E-state index in [2.05, 4.69) is 15.8 Å². The van der Waals surface area contributed by atoms with Crippen LogP contribution in [0.4, 0.5) is 10.5 Å². The normalized spacial score (nSPS) is 12.2. The van der Waals surface area contributed by atoms with Gasteiger partial charge in [0.05, 0.1) is 6.61 Å². The molecule has 0 spiro atoms. The lowest BCUT2D eigenvalue weighted by Gasteiger charge is -2.16. The summed E-state index contributed by atoms with van der Waals surface area (Å²) in [6, 6.07) is 3.00. The van der Waals surface area contributed by atoms with E-state index >= 15 is 0 Å². The highest BCUT2D eigenvalue weighted by Gasteiger charge is 2.20. The van der Waals surface area contributed by atoms with Gasteiger partial charge in [0, 0.05) is 13.5 Å². The van der Waals surface area contributed by atoms with E-state index in [1.807, 2.05) is 19.1 Å². The summed E-state index contributed by atoms with van der Waals surface area (Å²) >= 11 is 0. The van der Waals surface area contributed by atoms with E-state index in [1.165, 1.54) is 0 Å². The summed E-state index contributed by atoms with van der Waals surface area (Å²) in [6.07, 6.45) is 0.797. The number of carbonyl (C=O) groups excluding carboxylic acids is 1. The van der Waals surface area contributed by atoms with Crippen LogP contribution in [0.3, 0.4) is 0 Å². The molecule has 0 unspecified atom stereocenters. The minimum absolute atomic E-state index is 0.311. The van der Waals surface area contributed by atoms with Crippen LogP contribution >= 0.6 is 0 Å². The third-order valence-electron chi connectivity index (χ3n) is 3.28. The van der Waals surface area contributed by atoms with Crippen LogP contribution < -0.4 is 10.6 Å². The van der Waals surface area contributed by atoms with Gasteiger partial charge < -0.3 is 24.3 Å². The standard InChI is InChI=1S/C15H21N3O4/c1-5-11-6-7-13(21-11)12(8-20-4)16-15(19)17-14-9(2)18-22-10(14)3/h6-7,12H,5,8H2,1-4H3,(H2,16,17,19)/t12-/m0/s1. The van der Waals surface area contributed by atoms with Gasteiger partial charge in [-0.1, -0.05) is 12.1 Å². The van der Waals surface area contributed by atoms with E-state index in [0.29, 0.717) is 29.5 Å². The molecule has 2 amide bonds. The molecule has 2 rings (SSSR count). The molecule has 0 aliphatic heterocycles. The first-order chi connectivity index (χ1) is 10.5. The highest BCUT2D eigenvalue weighted by molar-refractivity contribution is 5.90. The molecule has 2 aromatic rings. The molecule has 7 heteroatoms. The molecule has 0 aliphatic rings.